The second-order valence-corrected chi connectivity index (χ2v) is 5.68. The van der Waals surface area contributed by atoms with Crippen molar-refractivity contribution in [3.63, 3.8) is 0 Å². The largest absolute Gasteiger partial charge is 0.373 e. The summed E-state index contributed by atoms with van der Waals surface area (Å²) in [5.41, 5.74) is 1.12. The van der Waals surface area contributed by atoms with Crippen molar-refractivity contribution in [2.24, 2.45) is 0 Å². The topological polar surface area (TPSA) is 53.1 Å². The molecule has 0 amide bonds. The van der Waals surface area contributed by atoms with Crippen LogP contribution in [0.4, 0.5) is 11.6 Å². The molecule has 0 spiro atoms. The minimum absolute atomic E-state index is 0.527. The molecule has 20 heavy (non-hydrogen) atoms. The molecule has 0 bridgehead atoms. The van der Waals surface area contributed by atoms with Crippen molar-refractivity contribution in [1.82, 2.24) is 14.9 Å². The highest BCUT2D eigenvalue weighted by Gasteiger charge is 2.18. The second kappa shape index (κ2) is 6.88. The molecule has 112 valence electrons. The fourth-order valence-corrected chi connectivity index (χ4v) is 2.63. The van der Waals surface area contributed by atoms with E-state index in [2.05, 4.69) is 41.4 Å². The third-order valence-electron chi connectivity index (χ3n) is 3.96. The van der Waals surface area contributed by atoms with E-state index >= 15 is 0 Å². The molecule has 0 saturated carbocycles. The highest BCUT2D eigenvalue weighted by molar-refractivity contribution is 5.57. The Hall–Kier alpha value is -1.36. The van der Waals surface area contributed by atoms with Crippen LogP contribution < -0.4 is 10.6 Å². The minimum Gasteiger partial charge on any atom is -0.373 e. The summed E-state index contributed by atoms with van der Waals surface area (Å²) >= 11 is 0. The Kier molecular flexibility index (Phi) is 5.17. The first kappa shape index (κ1) is 15.0. The molecule has 0 radical (unpaired) electrons. The summed E-state index contributed by atoms with van der Waals surface area (Å²) in [6.45, 7) is 6.55. The molecule has 0 aromatic carbocycles. The fourth-order valence-electron chi connectivity index (χ4n) is 2.63. The van der Waals surface area contributed by atoms with Crippen LogP contribution in [0.3, 0.4) is 0 Å². The quantitative estimate of drug-likeness (QED) is 0.865. The summed E-state index contributed by atoms with van der Waals surface area (Å²) in [6.07, 6.45) is 4.35. The zero-order valence-corrected chi connectivity index (χ0v) is 13.2. The van der Waals surface area contributed by atoms with Crippen LogP contribution in [0.2, 0.25) is 0 Å². The lowest BCUT2D eigenvalue weighted by atomic mass is 10.1. The van der Waals surface area contributed by atoms with Crippen LogP contribution in [0.5, 0.6) is 0 Å². The zero-order valence-electron chi connectivity index (χ0n) is 13.2. The van der Waals surface area contributed by atoms with Gasteiger partial charge in [-0.3, -0.25) is 0 Å². The number of rotatable bonds is 5. The molecule has 2 rings (SSSR count). The van der Waals surface area contributed by atoms with Crippen molar-refractivity contribution in [2.45, 2.75) is 45.6 Å². The fraction of sp³-hybridized carbons (Fsp3) is 0.733. The van der Waals surface area contributed by atoms with Crippen molar-refractivity contribution < 1.29 is 0 Å². The maximum Gasteiger partial charge on any atom is 0.134 e. The molecule has 1 aromatic rings. The van der Waals surface area contributed by atoms with Gasteiger partial charge in [-0.2, -0.15) is 0 Å². The highest BCUT2D eigenvalue weighted by Crippen LogP contribution is 2.23. The predicted octanol–water partition coefficient (Wildman–Crippen LogP) is 2.29. The standard InChI is InChI=1S/C15H27N5/c1-5-6-13-18-14(16-3)11(2)15(19-13)17-12-7-9-20(4)10-8-12/h12H,5-10H2,1-4H3,(H2,16,17,18,19). The summed E-state index contributed by atoms with van der Waals surface area (Å²) in [5, 5.41) is 6.80. The molecule has 0 aliphatic carbocycles. The average Bonchev–Trinajstić information content (AvgIpc) is 2.45. The lowest BCUT2D eigenvalue weighted by Gasteiger charge is -2.30. The Bertz CT molecular complexity index is 438. The van der Waals surface area contributed by atoms with Gasteiger partial charge in [0.25, 0.3) is 0 Å². The van der Waals surface area contributed by atoms with Gasteiger partial charge in [-0.15, -0.1) is 0 Å². The van der Waals surface area contributed by atoms with E-state index in [1.54, 1.807) is 0 Å². The van der Waals surface area contributed by atoms with E-state index in [1.165, 1.54) is 12.8 Å². The van der Waals surface area contributed by atoms with E-state index in [1.807, 2.05) is 7.05 Å². The summed E-state index contributed by atoms with van der Waals surface area (Å²) in [6, 6.07) is 0.527. The van der Waals surface area contributed by atoms with Crippen LogP contribution in [0.25, 0.3) is 0 Å². The Labute approximate surface area is 122 Å². The molecule has 2 heterocycles. The smallest absolute Gasteiger partial charge is 0.134 e. The van der Waals surface area contributed by atoms with Gasteiger partial charge in [0.15, 0.2) is 0 Å². The van der Waals surface area contributed by atoms with Crippen molar-refractivity contribution in [3.8, 4) is 0 Å². The number of hydrogen-bond acceptors (Lipinski definition) is 5. The van der Waals surface area contributed by atoms with E-state index in [0.717, 1.165) is 49.0 Å². The van der Waals surface area contributed by atoms with Gasteiger partial charge in [0.1, 0.15) is 17.5 Å². The molecular formula is C15H27N5. The SMILES string of the molecule is CCCc1nc(NC)c(C)c(NC2CCN(C)CC2)n1. The third kappa shape index (κ3) is 3.60. The number of nitrogens with one attached hydrogen (secondary N) is 2. The first-order chi connectivity index (χ1) is 9.63. The lowest BCUT2D eigenvalue weighted by molar-refractivity contribution is 0.263. The number of nitrogens with zero attached hydrogens (tertiary/aromatic N) is 3. The van der Waals surface area contributed by atoms with Gasteiger partial charge in [0.2, 0.25) is 0 Å². The van der Waals surface area contributed by atoms with Gasteiger partial charge >= 0.3 is 0 Å². The number of aryl methyl sites for hydroxylation is 1. The molecule has 5 nitrogen and oxygen atoms in total. The molecule has 5 heteroatoms. The van der Waals surface area contributed by atoms with Crippen molar-refractivity contribution >= 4 is 11.6 Å². The molecule has 2 N–H and O–H groups in total. The second-order valence-electron chi connectivity index (χ2n) is 5.68. The van der Waals surface area contributed by atoms with Crippen LogP contribution in [0.15, 0.2) is 0 Å². The molecular weight excluding hydrogens is 250 g/mol. The maximum absolute atomic E-state index is 4.71. The first-order valence-electron chi connectivity index (χ1n) is 7.64. The Morgan fingerprint density at radius 3 is 2.45 bits per heavy atom. The molecule has 1 fully saturated rings. The predicted molar refractivity (Wildman–Crippen MR) is 84.5 cm³/mol. The number of anilines is 2. The lowest BCUT2D eigenvalue weighted by Crippen LogP contribution is -2.37. The van der Waals surface area contributed by atoms with Gasteiger partial charge < -0.3 is 15.5 Å². The van der Waals surface area contributed by atoms with Crippen LogP contribution in [0, 0.1) is 6.92 Å². The molecule has 1 saturated heterocycles. The summed E-state index contributed by atoms with van der Waals surface area (Å²) in [4.78, 5) is 11.7. The number of hydrogen-bond donors (Lipinski definition) is 2. The van der Waals surface area contributed by atoms with Crippen molar-refractivity contribution in [2.75, 3.05) is 37.8 Å². The van der Waals surface area contributed by atoms with E-state index in [9.17, 15) is 0 Å². The number of aromatic nitrogens is 2. The number of likely N-dealkylation sites (tertiary alicyclic amines) is 1. The number of piperidine rings is 1. The van der Waals surface area contributed by atoms with Crippen molar-refractivity contribution in [3.05, 3.63) is 11.4 Å². The molecule has 1 aliphatic heterocycles. The van der Waals surface area contributed by atoms with Gasteiger partial charge in [0, 0.05) is 25.1 Å². The Morgan fingerprint density at radius 2 is 1.85 bits per heavy atom. The van der Waals surface area contributed by atoms with E-state index < -0.39 is 0 Å². The van der Waals surface area contributed by atoms with Gasteiger partial charge in [0.05, 0.1) is 0 Å². The van der Waals surface area contributed by atoms with Gasteiger partial charge in [-0.1, -0.05) is 6.92 Å². The van der Waals surface area contributed by atoms with Crippen LogP contribution in [-0.4, -0.2) is 48.1 Å². The van der Waals surface area contributed by atoms with Gasteiger partial charge in [-0.25, -0.2) is 9.97 Å². The van der Waals surface area contributed by atoms with Crippen molar-refractivity contribution in [1.29, 1.82) is 0 Å². The van der Waals surface area contributed by atoms with Crippen LogP contribution >= 0.6 is 0 Å². The first-order valence-corrected chi connectivity index (χ1v) is 7.64. The summed E-state index contributed by atoms with van der Waals surface area (Å²) < 4.78 is 0. The zero-order chi connectivity index (χ0) is 14.5. The average molecular weight is 277 g/mol. The van der Waals surface area contributed by atoms with Crippen LogP contribution in [0.1, 0.15) is 37.6 Å². The Balaban J connectivity index is 2.14. The highest BCUT2D eigenvalue weighted by atomic mass is 15.1. The van der Waals surface area contributed by atoms with Gasteiger partial charge in [-0.05, 0) is 46.3 Å². The van der Waals surface area contributed by atoms with E-state index in [4.69, 9.17) is 4.98 Å². The third-order valence-corrected chi connectivity index (χ3v) is 3.96. The Morgan fingerprint density at radius 1 is 1.20 bits per heavy atom. The maximum atomic E-state index is 4.71. The molecule has 1 aromatic heterocycles. The normalized spacial score (nSPS) is 17.2. The summed E-state index contributed by atoms with van der Waals surface area (Å²) in [5.74, 6) is 2.87. The molecule has 0 atom stereocenters. The molecule has 0 unspecified atom stereocenters. The van der Waals surface area contributed by atoms with E-state index in [-0.39, 0.29) is 0 Å². The minimum atomic E-state index is 0.527. The van der Waals surface area contributed by atoms with E-state index in [0.29, 0.717) is 6.04 Å². The summed E-state index contributed by atoms with van der Waals surface area (Å²) in [7, 11) is 4.11. The monoisotopic (exact) mass is 277 g/mol. The molecule has 1 aliphatic rings. The van der Waals surface area contributed by atoms with Crippen LogP contribution in [-0.2, 0) is 6.42 Å².